The van der Waals surface area contributed by atoms with Gasteiger partial charge in [-0.3, -0.25) is 9.59 Å². The van der Waals surface area contributed by atoms with Crippen LogP contribution >= 0.6 is 0 Å². The molecule has 5 nitrogen and oxygen atoms in total. The smallest absolute Gasteiger partial charge is 0.254 e. The fourth-order valence-electron chi connectivity index (χ4n) is 4.78. The fraction of sp³-hybridized carbons (Fsp3) is 0.542. The van der Waals surface area contributed by atoms with E-state index in [1.165, 1.54) is 44.2 Å². The van der Waals surface area contributed by atoms with Crippen LogP contribution in [0, 0.1) is 17.7 Å². The minimum atomic E-state index is -0.316. The first kappa shape index (κ1) is 20.8. The van der Waals surface area contributed by atoms with Gasteiger partial charge in [0.05, 0.1) is 5.69 Å². The number of benzene rings is 1. The molecule has 0 saturated heterocycles. The minimum absolute atomic E-state index is 0.110. The monoisotopic (exact) mass is 411 g/mol. The first-order valence-electron chi connectivity index (χ1n) is 11.2. The van der Waals surface area contributed by atoms with Crippen molar-refractivity contribution in [1.29, 1.82) is 0 Å². The Kier molecular flexibility index (Phi) is 6.60. The summed E-state index contributed by atoms with van der Waals surface area (Å²) in [6.07, 6.45) is 9.97. The highest BCUT2D eigenvalue weighted by Gasteiger charge is 2.22. The van der Waals surface area contributed by atoms with E-state index in [0.29, 0.717) is 42.6 Å². The molecule has 1 aromatic carbocycles. The van der Waals surface area contributed by atoms with E-state index in [1.54, 1.807) is 12.1 Å². The average Bonchev–Trinajstić information content (AvgIpc) is 2.96. The molecule has 2 aliphatic carbocycles. The molecular weight excluding hydrogens is 381 g/mol. The quantitative estimate of drug-likeness (QED) is 0.726. The number of carbonyl (C=O) groups excluding carboxylic acids is 1. The normalized spacial score (nSPS) is 19.7. The van der Waals surface area contributed by atoms with Crippen LogP contribution < -0.4 is 10.9 Å². The van der Waals surface area contributed by atoms with E-state index in [1.807, 2.05) is 0 Å². The van der Waals surface area contributed by atoms with Crippen molar-refractivity contribution in [2.24, 2.45) is 11.8 Å². The Balaban J connectivity index is 1.36. The number of nitrogens with zero attached hydrogens (tertiary/aromatic N) is 1. The number of amides is 1. The lowest BCUT2D eigenvalue weighted by atomic mass is 9.87. The van der Waals surface area contributed by atoms with Crippen LogP contribution in [0.5, 0.6) is 0 Å². The molecular formula is C24H30FN3O2. The van der Waals surface area contributed by atoms with E-state index in [4.69, 9.17) is 0 Å². The highest BCUT2D eigenvalue weighted by molar-refractivity contribution is 5.76. The fourth-order valence-corrected chi connectivity index (χ4v) is 4.78. The zero-order valence-corrected chi connectivity index (χ0v) is 17.4. The molecule has 4 rings (SSSR count). The second-order valence-corrected chi connectivity index (χ2v) is 8.80. The Morgan fingerprint density at radius 1 is 1.03 bits per heavy atom. The predicted octanol–water partition coefficient (Wildman–Crippen LogP) is 4.16. The molecule has 1 saturated carbocycles. The maximum absolute atomic E-state index is 13.2. The van der Waals surface area contributed by atoms with Gasteiger partial charge in [-0.25, -0.2) is 9.37 Å². The number of aromatic amines is 1. The molecule has 2 aliphatic rings. The molecule has 0 spiro atoms. The van der Waals surface area contributed by atoms with Crippen LogP contribution in [0.15, 0.2) is 29.1 Å². The lowest BCUT2D eigenvalue weighted by molar-refractivity contribution is -0.122. The summed E-state index contributed by atoms with van der Waals surface area (Å²) in [5.74, 6) is 1.23. The van der Waals surface area contributed by atoms with Crippen molar-refractivity contribution in [3.05, 3.63) is 51.7 Å². The Hall–Kier alpha value is -2.50. The Morgan fingerprint density at radius 3 is 2.53 bits per heavy atom. The number of hydrogen-bond acceptors (Lipinski definition) is 3. The van der Waals surface area contributed by atoms with Gasteiger partial charge in [0, 0.05) is 24.1 Å². The molecule has 1 aromatic heterocycles. The molecule has 1 heterocycles. The van der Waals surface area contributed by atoms with Crippen LogP contribution in [0.1, 0.15) is 62.6 Å². The van der Waals surface area contributed by atoms with Gasteiger partial charge in [-0.15, -0.1) is 0 Å². The molecule has 1 atom stereocenters. The van der Waals surface area contributed by atoms with Crippen LogP contribution in [0.25, 0.3) is 11.4 Å². The standard InChI is InChI=1S/C24H30FN3O2/c25-19-10-8-18(9-11-19)23-27-21-13-7-17(6-12-20(21)24(30)28-23)15-26-22(29)14-16-4-2-1-3-5-16/h8-11,16-17H,1-7,12-15H2,(H,26,29)(H,27,28,30). The lowest BCUT2D eigenvalue weighted by Gasteiger charge is -2.21. The molecule has 1 fully saturated rings. The highest BCUT2D eigenvalue weighted by Crippen LogP contribution is 2.26. The number of H-pyrrole nitrogens is 1. The first-order valence-corrected chi connectivity index (χ1v) is 11.2. The SMILES string of the molecule is O=C(CC1CCCCC1)NCC1CCc2nc(-c3ccc(F)cc3)[nH]c(=O)c2CC1. The number of rotatable bonds is 5. The summed E-state index contributed by atoms with van der Waals surface area (Å²) in [5, 5.41) is 3.13. The van der Waals surface area contributed by atoms with Crippen LogP contribution in [-0.2, 0) is 17.6 Å². The largest absolute Gasteiger partial charge is 0.356 e. The van der Waals surface area contributed by atoms with Crippen LogP contribution in [0.2, 0.25) is 0 Å². The van der Waals surface area contributed by atoms with Gasteiger partial charge in [0.2, 0.25) is 5.91 Å². The first-order chi connectivity index (χ1) is 14.6. The second kappa shape index (κ2) is 9.54. The predicted molar refractivity (Wildman–Crippen MR) is 115 cm³/mol. The number of aryl methyl sites for hydroxylation is 1. The van der Waals surface area contributed by atoms with Gasteiger partial charge in [0.25, 0.3) is 5.56 Å². The molecule has 0 radical (unpaired) electrons. The van der Waals surface area contributed by atoms with Crippen molar-refractivity contribution in [1.82, 2.24) is 15.3 Å². The molecule has 1 amide bonds. The lowest BCUT2D eigenvalue weighted by Crippen LogP contribution is -2.31. The number of hydrogen-bond donors (Lipinski definition) is 2. The Morgan fingerprint density at radius 2 is 1.77 bits per heavy atom. The number of nitrogens with one attached hydrogen (secondary N) is 2. The minimum Gasteiger partial charge on any atom is -0.356 e. The molecule has 160 valence electrons. The van der Waals surface area contributed by atoms with Gasteiger partial charge in [0.1, 0.15) is 11.6 Å². The summed E-state index contributed by atoms with van der Waals surface area (Å²) in [6.45, 7) is 0.669. The van der Waals surface area contributed by atoms with E-state index < -0.39 is 0 Å². The molecule has 2 N–H and O–H groups in total. The summed E-state index contributed by atoms with van der Waals surface area (Å²) in [7, 11) is 0. The van der Waals surface area contributed by atoms with Gasteiger partial charge in [-0.2, -0.15) is 0 Å². The van der Waals surface area contributed by atoms with Crippen molar-refractivity contribution in [3.8, 4) is 11.4 Å². The molecule has 6 heteroatoms. The van der Waals surface area contributed by atoms with Crippen molar-refractivity contribution < 1.29 is 9.18 Å². The maximum Gasteiger partial charge on any atom is 0.254 e. The molecule has 2 aromatic rings. The van der Waals surface area contributed by atoms with Gasteiger partial charge in [-0.05, 0) is 74.6 Å². The summed E-state index contributed by atoms with van der Waals surface area (Å²) in [4.78, 5) is 32.5. The average molecular weight is 412 g/mol. The van der Waals surface area contributed by atoms with Crippen LogP contribution in [0.3, 0.4) is 0 Å². The van der Waals surface area contributed by atoms with Gasteiger partial charge in [0.15, 0.2) is 0 Å². The number of aromatic nitrogens is 2. The molecule has 0 aliphatic heterocycles. The third kappa shape index (κ3) is 5.15. The van der Waals surface area contributed by atoms with Gasteiger partial charge < -0.3 is 10.3 Å². The molecule has 0 bridgehead atoms. The summed E-state index contributed by atoms with van der Waals surface area (Å²) in [6, 6.07) is 5.99. The Labute approximate surface area is 176 Å². The van der Waals surface area contributed by atoms with Gasteiger partial charge >= 0.3 is 0 Å². The maximum atomic E-state index is 13.2. The van der Waals surface area contributed by atoms with Crippen molar-refractivity contribution in [2.75, 3.05) is 6.54 Å². The zero-order valence-electron chi connectivity index (χ0n) is 17.4. The topological polar surface area (TPSA) is 74.8 Å². The number of fused-ring (bicyclic) bond motifs is 1. The van der Waals surface area contributed by atoms with E-state index in [2.05, 4.69) is 15.3 Å². The van der Waals surface area contributed by atoms with Crippen molar-refractivity contribution in [2.45, 2.75) is 64.2 Å². The molecule has 30 heavy (non-hydrogen) atoms. The summed E-state index contributed by atoms with van der Waals surface area (Å²) >= 11 is 0. The van der Waals surface area contributed by atoms with Crippen LogP contribution in [0.4, 0.5) is 4.39 Å². The Bertz CT molecular complexity index is 932. The third-order valence-corrected chi connectivity index (χ3v) is 6.60. The van der Waals surface area contributed by atoms with Crippen LogP contribution in [-0.4, -0.2) is 22.4 Å². The van der Waals surface area contributed by atoms with E-state index in [9.17, 15) is 14.0 Å². The highest BCUT2D eigenvalue weighted by atomic mass is 19.1. The van der Waals surface area contributed by atoms with Gasteiger partial charge in [-0.1, -0.05) is 19.3 Å². The third-order valence-electron chi connectivity index (χ3n) is 6.60. The van der Waals surface area contributed by atoms with E-state index >= 15 is 0 Å². The molecule has 1 unspecified atom stereocenters. The summed E-state index contributed by atoms with van der Waals surface area (Å²) in [5.41, 5.74) is 2.17. The van der Waals surface area contributed by atoms with E-state index in [-0.39, 0.29) is 17.3 Å². The number of halogens is 1. The van der Waals surface area contributed by atoms with E-state index in [0.717, 1.165) is 30.5 Å². The van der Waals surface area contributed by atoms with Crippen molar-refractivity contribution in [3.63, 3.8) is 0 Å². The number of carbonyl (C=O) groups is 1. The zero-order chi connectivity index (χ0) is 20.9. The second-order valence-electron chi connectivity index (χ2n) is 8.80. The van der Waals surface area contributed by atoms with Crippen molar-refractivity contribution >= 4 is 5.91 Å². The summed E-state index contributed by atoms with van der Waals surface area (Å²) < 4.78 is 13.2.